The van der Waals surface area contributed by atoms with E-state index in [9.17, 15) is 4.79 Å². The number of Topliss-reactive ketones (excluding diaryl/α,β-unsaturated/α-hetero) is 1. The molecule has 0 radical (unpaired) electrons. The van der Waals surface area contributed by atoms with Gasteiger partial charge in [-0.25, -0.2) is 9.97 Å². The van der Waals surface area contributed by atoms with E-state index in [1.165, 1.54) is 5.56 Å². The first-order valence-corrected chi connectivity index (χ1v) is 9.35. The number of hydrogen-bond acceptors (Lipinski definition) is 5. The van der Waals surface area contributed by atoms with Gasteiger partial charge in [-0.3, -0.25) is 9.48 Å². The molecule has 0 saturated carbocycles. The Balaban J connectivity index is 1.78. The second kappa shape index (κ2) is 7.64. The summed E-state index contributed by atoms with van der Waals surface area (Å²) in [4.78, 5) is 21.2. The Bertz CT molecular complexity index is 989. The van der Waals surface area contributed by atoms with Crippen LogP contribution in [0.2, 0.25) is 5.15 Å². The molecule has 0 amide bonds. The Morgan fingerprint density at radius 1 is 1.22 bits per heavy atom. The molecule has 3 aromatic heterocycles. The number of pyridine rings is 2. The van der Waals surface area contributed by atoms with E-state index in [0.717, 1.165) is 28.0 Å². The van der Waals surface area contributed by atoms with Crippen LogP contribution < -0.4 is 5.32 Å². The Hall–Kier alpha value is -2.47. The molecule has 1 N–H and O–H groups in total. The predicted octanol–water partition coefficient (Wildman–Crippen LogP) is 3.98. The molecule has 3 rings (SSSR count). The molecule has 6 nitrogen and oxygen atoms in total. The zero-order valence-corrected chi connectivity index (χ0v) is 17.1. The first-order valence-electron chi connectivity index (χ1n) is 8.97. The number of nitrogens with zero attached hydrogens (tertiary/aromatic N) is 4. The summed E-state index contributed by atoms with van der Waals surface area (Å²) in [6.45, 7) is 8.35. The summed E-state index contributed by atoms with van der Waals surface area (Å²) in [5, 5.41) is 9.15. The van der Waals surface area contributed by atoms with Crippen LogP contribution in [0.15, 0.2) is 18.2 Å². The van der Waals surface area contributed by atoms with E-state index in [1.807, 2.05) is 33.0 Å². The Morgan fingerprint density at radius 2 is 1.96 bits per heavy atom. The van der Waals surface area contributed by atoms with Gasteiger partial charge in [-0.05, 0) is 49.1 Å². The maximum Gasteiger partial charge on any atom is 0.160 e. The van der Waals surface area contributed by atoms with Crippen molar-refractivity contribution in [1.82, 2.24) is 19.7 Å². The summed E-state index contributed by atoms with van der Waals surface area (Å²) in [5.41, 5.74) is 4.64. The van der Waals surface area contributed by atoms with Gasteiger partial charge in [0.1, 0.15) is 11.0 Å². The minimum atomic E-state index is 0.0610. The fraction of sp³-hybridized carbons (Fsp3) is 0.400. The van der Waals surface area contributed by atoms with Gasteiger partial charge in [-0.2, -0.15) is 5.10 Å². The summed E-state index contributed by atoms with van der Waals surface area (Å²) < 4.78 is 1.78. The molecular formula is C20H24ClN5O. The van der Waals surface area contributed by atoms with Crippen LogP contribution in [0.4, 0.5) is 5.82 Å². The third kappa shape index (κ3) is 4.27. The predicted molar refractivity (Wildman–Crippen MR) is 109 cm³/mol. The number of fused-ring (bicyclic) bond motifs is 1. The standard InChI is InChI=1S/C20H24ClN5O/c1-11(2)16-9-18(24-20-19(16)13(4)25-26(20)5)22-10-15(27)7-14-6-12(3)23-17(21)8-14/h6,8-9,11H,7,10H2,1-5H3,(H,22,24). The molecule has 0 aromatic carbocycles. The van der Waals surface area contributed by atoms with E-state index in [4.69, 9.17) is 11.6 Å². The first kappa shape index (κ1) is 19.3. The van der Waals surface area contributed by atoms with Gasteiger partial charge in [0.15, 0.2) is 11.4 Å². The lowest BCUT2D eigenvalue weighted by molar-refractivity contribution is -0.116. The van der Waals surface area contributed by atoms with Crippen LogP contribution in [-0.2, 0) is 18.3 Å². The minimum Gasteiger partial charge on any atom is -0.363 e. The van der Waals surface area contributed by atoms with E-state index in [1.54, 1.807) is 10.7 Å². The first-order chi connectivity index (χ1) is 12.7. The molecule has 7 heteroatoms. The van der Waals surface area contributed by atoms with Gasteiger partial charge < -0.3 is 5.32 Å². The molecule has 0 bridgehead atoms. The molecular weight excluding hydrogens is 362 g/mol. The number of halogens is 1. The van der Waals surface area contributed by atoms with E-state index >= 15 is 0 Å². The number of carbonyl (C=O) groups is 1. The van der Waals surface area contributed by atoms with Crippen molar-refractivity contribution in [1.29, 1.82) is 0 Å². The van der Waals surface area contributed by atoms with Gasteiger partial charge in [0.05, 0.1) is 12.2 Å². The van der Waals surface area contributed by atoms with Crippen LogP contribution >= 0.6 is 11.6 Å². The van der Waals surface area contributed by atoms with Gasteiger partial charge in [-0.15, -0.1) is 0 Å². The van der Waals surface area contributed by atoms with Crippen LogP contribution in [0.5, 0.6) is 0 Å². The van der Waals surface area contributed by atoms with Gasteiger partial charge >= 0.3 is 0 Å². The van der Waals surface area contributed by atoms with Crippen LogP contribution in [0, 0.1) is 13.8 Å². The average molecular weight is 386 g/mol. The van der Waals surface area contributed by atoms with Crippen molar-refractivity contribution in [2.75, 3.05) is 11.9 Å². The highest BCUT2D eigenvalue weighted by Gasteiger charge is 2.16. The molecule has 0 fully saturated rings. The van der Waals surface area contributed by atoms with Crippen molar-refractivity contribution in [2.24, 2.45) is 7.05 Å². The van der Waals surface area contributed by atoms with E-state index in [0.29, 0.717) is 23.3 Å². The quantitative estimate of drug-likeness (QED) is 0.649. The van der Waals surface area contributed by atoms with Gasteiger partial charge in [0, 0.05) is 24.5 Å². The van der Waals surface area contributed by atoms with Crippen LogP contribution in [0.3, 0.4) is 0 Å². The Kier molecular flexibility index (Phi) is 5.46. The monoisotopic (exact) mass is 385 g/mol. The molecule has 0 aliphatic rings. The smallest absolute Gasteiger partial charge is 0.160 e. The molecule has 0 aliphatic heterocycles. The highest BCUT2D eigenvalue weighted by atomic mass is 35.5. The maximum atomic E-state index is 12.4. The summed E-state index contributed by atoms with van der Waals surface area (Å²) in [5.74, 6) is 1.08. The lowest BCUT2D eigenvalue weighted by Crippen LogP contribution is -2.17. The fourth-order valence-corrected chi connectivity index (χ4v) is 3.57. The van der Waals surface area contributed by atoms with Crippen LogP contribution in [0.1, 0.15) is 42.3 Å². The average Bonchev–Trinajstić information content (AvgIpc) is 2.85. The molecule has 0 unspecified atom stereocenters. The number of hydrogen-bond donors (Lipinski definition) is 1. The summed E-state index contributed by atoms with van der Waals surface area (Å²) >= 11 is 5.97. The largest absolute Gasteiger partial charge is 0.363 e. The second-order valence-corrected chi connectivity index (χ2v) is 7.55. The number of ketones is 1. The molecule has 142 valence electrons. The zero-order chi connectivity index (χ0) is 19.7. The van der Waals surface area contributed by atoms with E-state index in [-0.39, 0.29) is 12.3 Å². The van der Waals surface area contributed by atoms with Gasteiger partial charge in [0.25, 0.3) is 0 Å². The minimum absolute atomic E-state index is 0.0610. The lowest BCUT2D eigenvalue weighted by Gasteiger charge is -2.12. The Labute approximate surface area is 164 Å². The van der Waals surface area contributed by atoms with Crippen LogP contribution in [0.25, 0.3) is 11.0 Å². The normalized spacial score (nSPS) is 11.4. The summed E-state index contributed by atoms with van der Waals surface area (Å²) in [6.07, 6.45) is 0.306. The van der Waals surface area contributed by atoms with Crippen molar-refractivity contribution in [3.8, 4) is 0 Å². The molecule has 0 atom stereocenters. The number of anilines is 1. The second-order valence-electron chi connectivity index (χ2n) is 7.17. The third-order valence-electron chi connectivity index (χ3n) is 4.47. The van der Waals surface area contributed by atoms with Gasteiger partial charge in [-0.1, -0.05) is 25.4 Å². The number of rotatable bonds is 6. The lowest BCUT2D eigenvalue weighted by atomic mass is 10.00. The third-order valence-corrected chi connectivity index (χ3v) is 4.66. The van der Waals surface area contributed by atoms with Crippen molar-refractivity contribution in [3.63, 3.8) is 0 Å². The summed E-state index contributed by atoms with van der Waals surface area (Å²) in [6, 6.07) is 5.62. The number of nitrogens with one attached hydrogen (secondary N) is 1. The van der Waals surface area contributed by atoms with Crippen LogP contribution in [-0.4, -0.2) is 32.1 Å². The number of aromatic nitrogens is 4. The molecule has 0 aliphatic carbocycles. The zero-order valence-electron chi connectivity index (χ0n) is 16.3. The highest BCUT2D eigenvalue weighted by Crippen LogP contribution is 2.29. The highest BCUT2D eigenvalue weighted by molar-refractivity contribution is 6.29. The van der Waals surface area contributed by atoms with E-state index in [2.05, 4.69) is 34.2 Å². The van der Waals surface area contributed by atoms with Crippen molar-refractivity contribution < 1.29 is 4.79 Å². The Morgan fingerprint density at radius 3 is 2.63 bits per heavy atom. The number of carbonyl (C=O) groups excluding carboxylic acids is 1. The van der Waals surface area contributed by atoms with Gasteiger partial charge in [0.2, 0.25) is 0 Å². The molecule has 3 heterocycles. The van der Waals surface area contributed by atoms with Crippen molar-refractivity contribution in [2.45, 2.75) is 40.0 Å². The van der Waals surface area contributed by atoms with E-state index < -0.39 is 0 Å². The van der Waals surface area contributed by atoms with Crippen molar-refractivity contribution in [3.05, 3.63) is 45.9 Å². The van der Waals surface area contributed by atoms with Crippen molar-refractivity contribution >= 4 is 34.2 Å². The number of aryl methyl sites for hydroxylation is 3. The maximum absolute atomic E-state index is 12.4. The topological polar surface area (TPSA) is 72.7 Å². The molecule has 0 spiro atoms. The fourth-order valence-electron chi connectivity index (χ4n) is 3.30. The molecule has 3 aromatic rings. The summed E-state index contributed by atoms with van der Waals surface area (Å²) in [7, 11) is 1.89. The SMILES string of the molecule is Cc1cc(CC(=O)CNc2cc(C(C)C)c3c(C)nn(C)c3n2)cc(Cl)n1. The molecule has 0 saturated heterocycles. The molecule has 27 heavy (non-hydrogen) atoms.